The van der Waals surface area contributed by atoms with Gasteiger partial charge in [-0.05, 0) is 56.0 Å². The zero-order chi connectivity index (χ0) is 39.2. The first-order valence-corrected chi connectivity index (χ1v) is 19.5. The maximum atomic E-state index is 14.3. The highest BCUT2D eigenvalue weighted by atomic mass is 32.2. The summed E-state index contributed by atoms with van der Waals surface area (Å²) in [5.41, 5.74) is -2.68. The molecule has 3 saturated heterocycles. The van der Waals surface area contributed by atoms with Gasteiger partial charge in [0.2, 0.25) is 11.7 Å². The second-order valence-electron chi connectivity index (χ2n) is 14.1. The van der Waals surface area contributed by atoms with Gasteiger partial charge in [-0.15, -0.1) is 0 Å². The molecule has 0 unspecified atom stereocenters. The SMILES string of the molecule is O=C1N(Cc2nc(-c3ccc(Oc4ccccc4S(=O)(=O)CC(F)(F)F)c(C(F)(F)F)c3)no2)C(=O)C2(CCN(C3CCC3)CC2)N1CCN1CCOCC1. The Labute approximate surface area is 312 Å². The van der Waals surface area contributed by atoms with E-state index < -0.39 is 73.9 Å². The summed E-state index contributed by atoms with van der Waals surface area (Å²) >= 11 is 0. The van der Waals surface area contributed by atoms with Crippen molar-refractivity contribution in [2.45, 2.75) is 67.5 Å². The minimum Gasteiger partial charge on any atom is -0.455 e. The zero-order valence-electron chi connectivity index (χ0n) is 29.4. The molecule has 3 amide bonds. The van der Waals surface area contributed by atoms with E-state index in [0.717, 1.165) is 48.1 Å². The number of nitrogens with zero attached hydrogens (tertiary/aromatic N) is 6. The maximum Gasteiger partial charge on any atom is 0.420 e. The number of morpholine rings is 1. The Morgan fingerprint density at radius 3 is 2.27 bits per heavy atom. The number of alkyl halides is 6. The number of aromatic nitrogens is 2. The Morgan fingerprint density at radius 2 is 1.62 bits per heavy atom. The molecule has 1 aliphatic carbocycles. The number of para-hydroxylation sites is 1. The molecule has 4 aliphatic rings. The number of rotatable bonds is 11. The third kappa shape index (κ3) is 8.17. The van der Waals surface area contributed by atoms with Gasteiger partial charge in [0, 0.05) is 50.9 Å². The molecule has 3 aliphatic heterocycles. The van der Waals surface area contributed by atoms with E-state index in [2.05, 4.69) is 19.9 Å². The Morgan fingerprint density at radius 1 is 0.909 bits per heavy atom. The lowest BCUT2D eigenvalue weighted by atomic mass is 9.82. The summed E-state index contributed by atoms with van der Waals surface area (Å²) in [4.78, 5) is 38.7. The van der Waals surface area contributed by atoms with Crippen LogP contribution in [0.15, 0.2) is 51.9 Å². The van der Waals surface area contributed by atoms with E-state index >= 15 is 0 Å². The van der Waals surface area contributed by atoms with Crippen molar-refractivity contribution < 1.29 is 58.3 Å². The lowest BCUT2D eigenvalue weighted by Crippen LogP contribution is -2.59. The predicted octanol–water partition coefficient (Wildman–Crippen LogP) is 5.37. The Kier molecular flexibility index (Phi) is 10.6. The number of urea groups is 1. The molecule has 7 rings (SSSR count). The minimum absolute atomic E-state index is 0.202. The van der Waals surface area contributed by atoms with Crippen molar-refractivity contribution in [3.63, 3.8) is 0 Å². The number of carbonyl (C=O) groups is 2. The van der Waals surface area contributed by atoms with Gasteiger partial charge in [0.25, 0.3) is 5.91 Å². The van der Waals surface area contributed by atoms with Crippen LogP contribution in [0.3, 0.4) is 0 Å². The second kappa shape index (κ2) is 15.0. The van der Waals surface area contributed by atoms with Gasteiger partial charge in [0.05, 0.1) is 18.8 Å². The van der Waals surface area contributed by atoms with Gasteiger partial charge in [-0.3, -0.25) is 14.6 Å². The van der Waals surface area contributed by atoms with Crippen LogP contribution in [0.4, 0.5) is 31.1 Å². The summed E-state index contributed by atoms with van der Waals surface area (Å²) in [6, 6.07) is 6.60. The molecule has 55 heavy (non-hydrogen) atoms. The van der Waals surface area contributed by atoms with Crippen LogP contribution in [0.25, 0.3) is 11.4 Å². The molecule has 298 valence electrons. The maximum absolute atomic E-state index is 14.3. The summed E-state index contributed by atoms with van der Waals surface area (Å²) in [7, 11) is -5.04. The number of amides is 3. The number of hydrogen-bond acceptors (Lipinski definition) is 11. The predicted molar refractivity (Wildman–Crippen MR) is 180 cm³/mol. The first kappa shape index (κ1) is 39.0. The number of benzene rings is 2. The molecule has 0 radical (unpaired) electrons. The van der Waals surface area contributed by atoms with Crippen LogP contribution in [0.5, 0.6) is 11.5 Å². The lowest BCUT2D eigenvalue weighted by Gasteiger charge is -2.47. The van der Waals surface area contributed by atoms with E-state index in [1.54, 1.807) is 4.90 Å². The molecule has 20 heteroatoms. The summed E-state index contributed by atoms with van der Waals surface area (Å²) in [6.45, 7) is 4.31. The van der Waals surface area contributed by atoms with Crippen LogP contribution in [-0.2, 0) is 32.1 Å². The molecule has 0 N–H and O–H groups in total. The molecule has 0 atom stereocenters. The van der Waals surface area contributed by atoms with Gasteiger partial charge in [-0.1, -0.05) is 23.7 Å². The Hall–Kier alpha value is -4.27. The fourth-order valence-electron chi connectivity index (χ4n) is 7.55. The van der Waals surface area contributed by atoms with Crippen molar-refractivity contribution in [1.82, 2.24) is 29.7 Å². The smallest absolute Gasteiger partial charge is 0.420 e. The number of sulfone groups is 1. The summed E-state index contributed by atoms with van der Waals surface area (Å²) in [6.07, 6.45) is -5.90. The van der Waals surface area contributed by atoms with Crippen molar-refractivity contribution in [3.8, 4) is 22.9 Å². The van der Waals surface area contributed by atoms with Crippen molar-refractivity contribution in [2.75, 3.05) is 58.2 Å². The number of piperidine rings is 1. The fraction of sp³-hybridized carbons (Fsp3) is 0.543. The highest BCUT2D eigenvalue weighted by Gasteiger charge is 2.58. The number of carbonyl (C=O) groups excluding carboxylic acids is 2. The molecule has 4 fully saturated rings. The normalized spacial score (nSPS) is 20.4. The van der Waals surface area contributed by atoms with E-state index in [1.165, 1.54) is 12.5 Å². The first-order valence-electron chi connectivity index (χ1n) is 17.8. The van der Waals surface area contributed by atoms with Crippen LogP contribution in [0, 0.1) is 0 Å². The Balaban J connectivity index is 1.11. The van der Waals surface area contributed by atoms with E-state index in [4.69, 9.17) is 14.0 Å². The van der Waals surface area contributed by atoms with Crippen LogP contribution in [-0.4, -0.2) is 126 Å². The van der Waals surface area contributed by atoms with Gasteiger partial charge < -0.3 is 23.8 Å². The molecule has 4 heterocycles. The van der Waals surface area contributed by atoms with E-state index in [0.29, 0.717) is 77.4 Å². The number of hydrogen-bond donors (Lipinski definition) is 0. The molecular weight excluding hydrogens is 762 g/mol. The van der Waals surface area contributed by atoms with Crippen molar-refractivity contribution >= 4 is 21.8 Å². The molecular formula is C35H38F6N6O7S. The average molecular weight is 801 g/mol. The van der Waals surface area contributed by atoms with Gasteiger partial charge in [0.1, 0.15) is 28.5 Å². The van der Waals surface area contributed by atoms with Crippen LogP contribution >= 0.6 is 0 Å². The quantitative estimate of drug-likeness (QED) is 0.183. The van der Waals surface area contributed by atoms with Gasteiger partial charge in [0.15, 0.2) is 15.6 Å². The average Bonchev–Trinajstić information content (AvgIpc) is 3.64. The third-order valence-electron chi connectivity index (χ3n) is 10.6. The first-order chi connectivity index (χ1) is 26.0. The number of ether oxygens (including phenoxy) is 2. The van der Waals surface area contributed by atoms with Crippen molar-refractivity contribution in [3.05, 3.63) is 53.9 Å². The third-order valence-corrected chi connectivity index (χ3v) is 12.4. The molecule has 0 bridgehead atoms. The van der Waals surface area contributed by atoms with Crippen LogP contribution in [0.2, 0.25) is 0 Å². The standard InChI is InChI=1S/C35H38F6N6O7S/c36-34(37,38)22-55(50,51)28-7-2-1-6-27(28)53-26-9-8-23(20-25(26)35(39,40)41)30-42-29(54-43-30)21-46-31(48)33(10-12-45(13-11-33)24-4-3-5-24)47(32(46)49)15-14-44-16-18-52-19-17-44/h1-2,6-9,20,24H,3-5,10-19,21-22H2. The number of likely N-dealkylation sites (tertiary alicyclic amines) is 1. The minimum atomic E-state index is -5.11. The van der Waals surface area contributed by atoms with Gasteiger partial charge in [-0.25, -0.2) is 13.2 Å². The summed E-state index contributed by atoms with van der Waals surface area (Å²) in [5, 5.41) is 3.79. The highest BCUT2D eigenvalue weighted by Crippen LogP contribution is 2.43. The summed E-state index contributed by atoms with van der Waals surface area (Å²) < 4.78 is 123. The van der Waals surface area contributed by atoms with E-state index in [9.17, 15) is 44.3 Å². The molecule has 1 spiro atoms. The molecule has 1 aromatic heterocycles. The van der Waals surface area contributed by atoms with Crippen LogP contribution < -0.4 is 4.74 Å². The highest BCUT2D eigenvalue weighted by molar-refractivity contribution is 7.91. The van der Waals surface area contributed by atoms with E-state index in [1.807, 2.05) is 0 Å². The Bertz CT molecular complexity index is 2010. The second-order valence-corrected chi connectivity index (χ2v) is 16.0. The van der Waals surface area contributed by atoms with Gasteiger partial charge >= 0.3 is 18.4 Å². The fourth-order valence-corrected chi connectivity index (χ4v) is 8.84. The molecule has 13 nitrogen and oxygen atoms in total. The summed E-state index contributed by atoms with van der Waals surface area (Å²) in [5.74, 6) is -4.79. The van der Waals surface area contributed by atoms with Crippen molar-refractivity contribution in [1.29, 1.82) is 0 Å². The molecule has 3 aromatic rings. The number of imide groups is 1. The lowest BCUT2D eigenvalue weighted by molar-refractivity contribution is -0.138. The largest absolute Gasteiger partial charge is 0.455 e. The van der Waals surface area contributed by atoms with E-state index in [-0.39, 0.29) is 17.3 Å². The van der Waals surface area contributed by atoms with Gasteiger partial charge in [-0.2, -0.15) is 31.3 Å². The molecule has 2 aromatic carbocycles. The zero-order valence-corrected chi connectivity index (χ0v) is 30.3. The molecule has 1 saturated carbocycles. The number of halogens is 6. The topological polar surface area (TPSA) is 139 Å². The van der Waals surface area contributed by atoms with Crippen molar-refractivity contribution in [2.24, 2.45) is 0 Å². The monoisotopic (exact) mass is 800 g/mol. The van der Waals surface area contributed by atoms with Crippen LogP contribution in [0.1, 0.15) is 43.6 Å².